The van der Waals surface area contributed by atoms with Crippen molar-refractivity contribution in [2.75, 3.05) is 13.7 Å². The van der Waals surface area contributed by atoms with Crippen LogP contribution in [0.4, 0.5) is 0 Å². The van der Waals surface area contributed by atoms with Gasteiger partial charge in [-0.1, -0.05) is 31.2 Å². The van der Waals surface area contributed by atoms with E-state index < -0.39 is 6.04 Å². The average molecular weight is 396 g/mol. The Morgan fingerprint density at radius 1 is 1.17 bits per heavy atom. The number of carbonyl (C=O) groups excluding carboxylic acids is 2. The van der Waals surface area contributed by atoms with Crippen molar-refractivity contribution in [1.29, 1.82) is 0 Å². The average Bonchev–Trinajstić information content (AvgIpc) is 3.01. The summed E-state index contributed by atoms with van der Waals surface area (Å²) >= 11 is 0. The lowest BCUT2D eigenvalue weighted by Crippen LogP contribution is -2.42. The molecule has 1 aliphatic heterocycles. The van der Waals surface area contributed by atoms with E-state index in [1.165, 1.54) is 0 Å². The summed E-state index contributed by atoms with van der Waals surface area (Å²) in [7, 11) is 1.58. The molecule has 1 N–H and O–H groups in total. The second-order valence-electron chi connectivity index (χ2n) is 7.16. The van der Waals surface area contributed by atoms with Gasteiger partial charge >= 0.3 is 0 Å². The van der Waals surface area contributed by atoms with Gasteiger partial charge in [0.05, 0.1) is 13.7 Å². The minimum Gasteiger partial charge on any atom is -0.493 e. The van der Waals surface area contributed by atoms with E-state index in [9.17, 15) is 9.59 Å². The summed E-state index contributed by atoms with van der Waals surface area (Å²) in [5.41, 5.74) is 2.19. The fraction of sp³-hybridized carbons (Fsp3) is 0.391. The fourth-order valence-corrected chi connectivity index (χ4v) is 3.52. The van der Waals surface area contributed by atoms with Crippen LogP contribution in [0.3, 0.4) is 0 Å². The summed E-state index contributed by atoms with van der Waals surface area (Å²) in [4.78, 5) is 27.7. The number of benzene rings is 2. The molecule has 2 aromatic rings. The third-order valence-electron chi connectivity index (χ3n) is 5.19. The zero-order valence-corrected chi connectivity index (χ0v) is 17.4. The topological polar surface area (TPSA) is 67.9 Å². The van der Waals surface area contributed by atoms with Gasteiger partial charge < -0.3 is 19.7 Å². The molecule has 0 saturated heterocycles. The maximum atomic E-state index is 13.1. The van der Waals surface area contributed by atoms with Crippen molar-refractivity contribution in [3.05, 3.63) is 59.2 Å². The first-order chi connectivity index (χ1) is 14.0. The van der Waals surface area contributed by atoms with Gasteiger partial charge in [-0.05, 0) is 49.6 Å². The maximum absolute atomic E-state index is 13.1. The third kappa shape index (κ3) is 4.21. The predicted octanol–water partition coefficient (Wildman–Crippen LogP) is 3.71. The van der Waals surface area contributed by atoms with Crippen molar-refractivity contribution in [2.24, 2.45) is 0 Å². The molecule has 1 aliphatic rings. The van der Waals surface area contributed by atoms with Gasteiger partial charge in [0.25, 0.3) is 5.91 Å². The van der Waals surface area contributed by atoms with E-state index in [-0.39, 0.29) is 17.9 Å². The van der Waals surface area contributed by atoms with Crippen LogP contribution in [0.25, 0.3) is 0 Å². The summed E-state index contributed by atoms with van der Waals surface area (Å²) in [5.74, 6) is 0.961. The van der Waals surface area contributed by atoms with Crippen LogP contribution in [-0.4, -0.2) is 36.5 Å². The number of carbonyl (C=O) groups is 2. The fourth-order valence-electron chi connectivity index (χ4n) is 3.52. The molecular formula is C23H28N2O4. The second-order valence-corrected chi connectivity index (χ2v) is 7.16. The molecule has 0 saturated carbocycles. The molecule has 0 aromatic heterocycles. The quantitative estimate of drug-likeness (QED) is 0.739. The highest BCUT2D eigenvalue weighted by Gasteiger charge is 2.41. The van der Waals surface area contributed by atoms with Gasteiger partial charge in [0.2, 0.25) is 5.91 Å². The van der Waals surface area contributed by atoms with E-state index in [1.54, 1.807) is 18.1 Å². The van der Waals surface area contributed by atoms with E-state index in [2.05, 4.69) is 5.32 Å². The molecule has 2 atom stereocenters. The molecule has 29 heavy (non-hydrogen) atoms. The molecule has 2 amide bonds. The smallest absolute Gasteiger partial charge is 0.255 e. The Labute approximate surface area is 171 Å². The molecule has 0 radical (unpaired) electrons. The van der Waals surface area contributed by atoms with Crippen LogP contribution in [0, 0.1) is 0 Å². The first-order valence-corrected chi connectivity index (χ1v) is 10.00. The molecule has 154 valence electrons. The van der Waals surface area contributed by atoms with Crippen LogP contribution >= 0.6 is 0 Å². The number of methoxy groups -OCH3 is 1. The molecule has 0 bridgehead atoms. The lowest BCUT2D eigenvalue weighted by Gasteiger charge is -2.26. The Bertz CT molecular complexity index is 896. The van der Waals surface area contributed by atoms with Gasteiger partial charge in [0, 0.05) is 18.2 Å². The minimum atomic E-state index is -0.648. The molecule has 2 aromatic carbocycles. The Morgan fingerprint density at radius 2 is 1.93 bits per heavy atom. The predicted molar refractivity (Wildman–Crippen MR) is 111 cm³/mol. The number of nitrogens with zero attached hydrogens (tertiary/aromatic N) is 1. The zero-order chi connectivity index (χ0) is 21.0. The number of hydrogen-bond acceptors (Lipinski definition) is 4. The van der Waals surface area contributed by atoms with E-state index in [0.29, 0.717) is 30.2 Å². The first-order valence-electron chi connectivity index (χ1n) is 10.00. The summed E-state index contributed by atoms with van der Waals surface area (Å²) in [5, 5.41) is 3.02. The van der Waals surface area contributed by atoms with Gasteiger partial charge in [-0.2, -0.15) is 0 Å². The molecule has 3 rings (SSSR count). The largest absolute Gasteiger partial charge is 0.493 e. The normalized spacial score (nSPS) is 16.3. The first kappa shape index (κ1) is 20.7. The number of rotatable bonds is 8. The van der Waals surface area contributed by atoms with Gasteiger partial charge in [0.1, 0.15) is 6.04 Å². The zero-order valence-electron chi connectivity index (χ0n) is 17.4. The molecular weight excluding hydrogens is 368 g/mol. The Balaban J connectivity index is 1.92. The van der Waals surface area contributed by atoms with E-state index in [0.717, 1.165) is 17.5 Å². The Morgan fingerprint density at radius 3 is 2.62 bits per heavy atom. The van der Waals surface area contributed by atoms with Crippen LogP contribution in [0.2, 0.25) is 0 Å². The van der Waals surface area contributed by atoms with Crippen molar-refractivity contribution < 1.29 is 19.1 Å². The molecule has 6 nitrogen and oxygen atoms in total. The number of nitrogens with one attached hydrogen (secondary N) is 1. The minimum absolute atomic E-state index is 0.0396. The van der Waals surface area contributed by atoms with Crippen molar-refractivity contribution >= 4 is 11.8 Å². The lowest BCUT2D eigenvalue weighted by atomic mass is 10.0. The highest BCUT2D eigenvalue weighted by atomic mass is 16.5. The third-order valence-corrected chi connectivity index (χ3v) is 5.19. The number of fused-ring (bicyclic) bond motifs is 1. The van der Waals surface area contributed by atoms with E-state index >= 15 is 0 Å². The SMILES string of the molecule is CCOc1ccc(CN2C(=O)c3ccccc3[C@H]2C(=O)N[C@@H](C)CC)cc1OC. The summed E-state index contributed by atoms with van der Waals surface area (Å²) in [6.45, 7) is 6.72. The molecule has 0 aliphatic carbocycles. The number of hydrogen-bond donors (Lipinski definition) is 1. The van der Waals surface area contributed by atoms with Gasteiger partial charge in [-0.15, -0.1) is 0 Å². The molecule has 0 spiro atoms. The molecule has 6 heteroatoms. The van der Waals surface area contributed by atoms with Crippen LogP contribution in [0.15, 0.2) is 42.5 Å². The van der Waals surface area contributed by atoms with Crippen LogP contribution in [0.5, 0.6) is 11.5 Å². The van der Waals surface area contributed by atoms with Gasteiger partial charge in [-0.25, -0.2) is 0 Å². The number of amides is 2. The van der Waals surface area contributed by atoms with Crippen molar-refractivity contribution in [3.8, 4) is 11.5 Å². The molecule has 1 heterocycles. The van der Waals surface area contributed by atoms with Gasteiger partial charge in [0.15, 0.2) is 11.5 Å². The number of ether oxygens (including phenoxy) is 2. The standard InChI is InChI=1S/C23H28N2O4/c1-5-15(3)24-22(26)21-17-9-7-8-10-18(17)23(27)25(21)14-16-11-12-19(29-6-2)20(13-16)28-4/h7-13,15,21H,5-6,14H2,1-4H3,(H,24,26)/t15-,21-/m0/s1. The maximum Gasteiger partial charge on any atom is 0.255 e. The van der Waals surface area contributed by atoms with Crippen LogP contribution in [0.1, 0.15) is 54.7 Å². The van der Waals surface area contributed by atoms with E-state index in [4.69, 9.17) is 9.47 Å². The van der Waals surface area contributed by atoms with Crippen LogP contribution in [-0.2, 0) is 11.3 Å². The Kier molecular flexibility index (Phi) is 6.42. The summed E-state index contributed by atoms with van der Waals surface area (Å²) < 4.78 is 11.0. The highest BCUT2D eigenvalue weighted by Crippen LogP contribution is 2.36. The molecule has 0 unspecified atom stereocenters. The molecule has 0 fully saturated rings. The lowest BCUT2D eigenvalue weighted by molar-refractivity contribution is -0.126. The summed E-state index contributed by atoms with van der Waals surface area (Å²) in [6.07, 6.45) is 0.824. The Hall–Kier alpha value is -3.02. The second kappa shape index (κ2) is 8.99. The van der Waals surface area contributed by atoms with Crippen molar-refractivity contribution in [1.82, 2.24) is 10.2 Å². The summed E-state index contributed by atoms with van der Waals surface area (Å²) in [6, 6.07) is 12.3. The monoisotopic (exact) mass is 396 g/mol. The van der Waals surface area contributed by atoms with Gasteiger partial charge in [-0.3, -0.25) is 9.59 Å². The van der Waals surface area contributed by atoms with Crippen molar-refractivity contribution in [3.63, 3.8) is 0 Å². The van der Waals surface area contributed by atoms with Crippen LogP contribution < -0.4 is 14.8 Å². The van der Waals surface area contributed by atoms with E-state index in [1.807, 2.05) is 57.2 Å². The highest BCUT2D eigenvalue weighted by molar-refractivity contribution is 6.04. The van der Waals surface area contributed by atoms with Crippen molar-refractivity contribution in [2.45, 2.75) is 45.8 Å².